The second-order valence-corrected chi connectivity index (χ2v) is 9.69. The van der Waals surface area contributed by atoms with Crippen LogP contribution in [0.1, 0.15) is 50.5 Å². The van der Waals surface area contributed by atoms with Crippen LogP contribution in [0.4, 0.5) is 5.69 Å². The van der Waals surface area contributed by atoms with E-state index in [9.17, 15) is 14.4 Å². The highest BCUT2D eigenvalue weighted by Crippen LogP contribution is 2.27. The number of nitrogens with one attached hydrogen (secondary N) is 1. The summed E-state index contributed by atoms with van der Waals surface area (Å²) in [5, 5.41) is 7.53. The van der Waals surface area contributed by atoms with Gasteiger partial charge in [0.2, 0.25) is 5.91 Å². The summed E-state index contributed by atoms with van der Waals surface area (Å²) >= 11 is 0. The number of aromatic nitrogens is 2. The Kier molecular flexibility index (Phi) is 6.59. The van der Waals surface area contributed by atoms with Crippen LogP contribution in [0.2, 0.25) is 0 Å². The van der Waals surface area contributed by atoms with Crippen molar-refractivity contribution in [1.29, 1.82) is 0 Å². The molecule has 2 aliphatic rings. The largest absolute Gasteiger partial charge is 0.336 e. The molecule has 8 nitrogen and oxygen atoms in total. The zero-order chi connectivity index (χ0) is 25.2. The van der Waals surface area contributed by atoms with E-state index < -0.39 is 0 Å². The highest BCUT2D eigenvalue weighted by atomic mass is 16.2. The average Bonchev–Trinajstić information content (AvgIpc) is 3.24. The van der Waals surface area contributed by atoms with E-state index in [0.29, 0.717) is 43.9 Å². The number of benzene rings is 2. The van der Waals surface area contributed by atoms with Gasteiger partial charge in [-0.3, -0.25) is 19.1 Å². The molecule has 0 saturated carbocycles. The van der Waals surface area contributed by atoms with Crippen LogP contribution in [0.5, 0.6) is 0 Å². The van der Waals surface area contributed by atoms with E-state index in [4.69, 9.17) is 0 Å². The first-order chi connectivity index (χ1) is 17.4. The molecular formula is C28H31N5O3. The summed E-state index contributed by atoms with van der Waals surface area (Å²) in [7, 11) is 1.85. The second kappa shape index (κ2) is 9.97. The molecule has 1 saturated heterocycles. The van der Waals surface area contributed by atoms with E-state index in [-0.39, 0.29) is 23.6 Å². The highest BCUT2D eigenvalue weighted by Gasteiger charge is 2.34. The van der Waals surface area contributed by atoms with Gasteiger partial charge in [-0.05, 0) is 44.0 Å². The van der Waals surface area contributed by atoms with E-state index in [1.54, 1.807) is 14.5 Å². The van der Waals surface area contributed by atoms with Gasteiger partial charge in [0.25, 0.3) is 11.8 Å². The summed E-state index contributed by atoms with van der Waals surface area (Å²) in [6, 6.07) is 16.9. The number of hydrogen-bond donors (Lipinski definition) is 1. The maximum absolute atomic E-state index is 13.6. The van der Waals surface area contributed by atoms with Crippen molar-refractivity contribution in [3.63, 3.8) is 0 Å². The van der Waals surface area contributed by atoms with Crippen LogP contribution in [0, 0.1) is 12.8 Å². The normalized spacial score (nSPS) is 17.4. The van der Waals surface area contributed by atoms with E-state index in [1.807, 2.05) is 68.6 Å². The molecule has 2 aromatic carbocycles. The summed E-state index contributed by atoms with van der Waals surface area (Å²) in [5.74, 6) is -0.561. The number of nitrogens with zero attached hydrogens (tertiary/aromatic N) is 4. The third-order valence-corrected chi connectivity index (χ3v) is 7.12. The van der Waals surface area contributed by atoms with Gasteiger partial charge in [-0.1, -0.05) is 35.9 Å². The molecule has 1 atom stereocenters. The molecule has 0 bridgehead atoms. The van der Waals surface area contributed by atoms with Gasteiger partial charge >= 0.3 is 0 Å². The molecule has 3 amide bonds. The fourth-order valence-corrected chi connectivity index (χ4v) is 5.19. The molecule has 36 heavy (non-hydrogen) atoms. The van der Waals surface area contributed by atoms with E-state index in [2.05, 4.69) is 10.4 Å². The SMILES string of the molecule is Cc1cccc(C(=O)N2CCc3c(c(C(=O)N4CCCC(C(=O)Nc5ccccc5)C4)nn3C)C2)c1. The highest BCUT2D eigenvalue weighted by molar-refractivity contribution is 5.97. The minimum Gasteiger partial charge on any atom is -0.336 e. The van der Waals surface area contributed by atoms with Gasteiger partial charge in [-0.25, -0.2) is 0 Å². The lowest BCUT2D eigenvalue weighted by Crippen LogP contribution is -2.44. The quantitative estimate of drug-likeness (QED) is 0.614. The Balaban J connectivity index is 1.31. The molecular weight excluding hydrogens is 454 g/mol. The zero-order valence-electron chi connectivity index (χ0n) is 20.7. The third kappa shape index (κ3) is 4.76. The van der Waals surface area contributed by atoms with Gasteiger partial charge in [-0.2, -0.15) is 5.10 Å². The summed E-state index contributed by atoms with van der Waals surface area (Å²) in [4.78, 5) is 43.2. The predicted molar refractivity (Wildman–Crippen MR) is 137 cm³/mol. The average molecular weight is 486 g/mol. The van der Waals surface area contributed by atoms with Gasteiger partial charge in [-0.15, -0.1) is 0 Å². The lowest BCUT2D eigenvalue weighted by molar-refractivity contribution is -0.121. The number of para-hydroxylation sites is 1. The van der Waals surface area contributed by atoms with Crippen LogP contribution in [0.3, 0.4) is 0 Å². The number of likely N-dealkylation sites (tertiary alicyclic amines) is 1. The summed E-state index contributed by atoms with van der Waals surface area (Å²) in [6.45, 7) is 3.84. The van der Waals surface area contributed by atoms with Crippen molar-refractivity contribution in [2.45, 2.75) is 32.7 Å². The van der Waals surface area contributed by atoms with Crippen molar-refractivity contribution >= 4 is 23.4 Å². The lowest BCUT2D eigenvalue weighted by atomic mass is 9.96. The van der Waals surface area contributed by atoms with E-state index >= 15 is 0 Å². The van der Waals surface area contributed by atoms with Crippen molar-refractivity contribution in [3.05, 3.63) is 82.7 Å². The van der Waals surface area contributed by atoms with Crippen LogP contribution in [-0.4, -0.2) is 56.9 Å². The third-order valence-electron chi connectivity index (χ3n) is 7.12. The van der Waals surface area contributed by atoms with Gasteiger partial charge in [0.15, 0.2) is 5.69 Å². The summed E-state index contributed by atoms with van der Waals surface area (Å²) in [5.41, 5.74) is 4.62. The zero-order valence-corrected chi connectivity index (χ0v) is 20.7. The molecule has 2 aliphatic heterocycles. The van der Waals surface area contributed by atoms with Crippen molar-refractivity contribution in [1.82, 2.24) is 19.6 Å². The number of carbonyl (C=O) groups excluding carboxylic acids is 3. The topological polar surface area (TPSA) is 87.5 Å². The van der Waals surface area contributed by atoms with Gasteiger partial charge in [0.1, 0.15) is 0 Å². The first kappa shape index (κ1) is 23.8. The van der Waals surface area contributed by atoms with Gasteiger partial charge < -0.3 is 15.1 Å². The monoisotopic (exact) mass is 485 g/mol. The number of piperidine rings is 1. The van der Waals surface area contributed by atoms with Crippen LogP contribution in [0.15, 0.2) is 54.6 Å². The molecule has 1 unspecified atom stereocenters. The number of rotatable bonds is 4. The molecule has 186 valence electrons. The Morgan fingerprint density at radius 2 is 1.78 bits per heavy atom. The molecule has 5 rings (SSSR count). The van der Waals surface area contributed by atoms with Crippen LogP contribution < -0.4 is 5.32 Å². The Morgan fingerprint density at radius 3 is 2.56 bits per heavy atom. The first-order valence-corrected chi connectivity index (χ1v) is 12.5. The van der Waals surface area contributed by atoms with E-state index in [0.717, 1.165) is 35.3 Å². The van der Waals surface area contributed by atoms with E-state index in [1.165, 1.54) is 0 Å². The molecule has 0 spiro atoms. The van der Waals surface area contributed by atoms with Crippen molar-refractivity contribution in [2.24, 2.45) is 13.0 Å². The molecule has 3 heterocycles. The lowest BCUT2D eigenvalue weighted by Gasteiger charge is -2.32. The smallest absolute Gasteiger partial charge is 0.274 e. The standard InChI is InChI=1S/C28H31N5O3/c1-19-8-6-9-20(16-19)27(35)33-15-13-24-23(18-33)25(30-31(24)2)28(36)32-14-7-10-21(17-32)26(34)29-22-11-4-3-5-12-22/h3-6,8-9,11-12,16,21H,7,10,13-15,17-18H2,1-2H3,(H,29,34). The maximum atomic E-state index is 13.6. The predicted octanol–water partition coefficient (Wildman–Crippen LogP) is 3.42. The number of fused-ring (bicyclic) bond motifs is 1. The fourth-order valence-electron chi connectivity index (χ4n) is 5.19. The number of aryl methyl sites for hydroxylation is 2. The maximum Gasteiger partial charge on any atom is 0.274 e. The Hall–Kier alpha value is -3.94. The minimum absolute atomic E-state index is 0.0396. The molecule has 0 aliphatic carbocycles. The van der Waals surface area contributed by atoms with Crippen LogP contribution >= 0.6 is 0 Å². The Labute approximate surface area is 210 Å². The Bertz CT molecular complexity index is 1300. The molecule has 1 fully saturated rings. The molecule has 8 heteroatoms. The van der Waals surface area contributed by atoms with Crippen LogP contribution in [0.25, 0.3) is 0 Å². The first-order valence-electron chi connectivity index (χ1n) is 12.5. The van der Waals surface area contributed by atoms with Crippen molar-refractivity contribution in [3.8, 4) is 0 Å². The molecule has 1 N–H and O–H groups in total. The summed E-state index contributed by atoms with van der Waals surface area (Å²) < 4.78 is 1.76. The van der Waals surface area contributed by atoms with Crippen molar-refractivity contribution in [2.75, 3.05) is 25.0 Å². The Morgan fingerprint density at radius 1 is 0.972 bits per heavy atom. The second-order valence-electron chi connectivity index (χ2n) is 9.69. The van der Waals surface area contributed by atoms with Gasteiger partial charge in [0.05, 0.1) is 12.5 Å². The van der Waals surface area contributed by atoms with Crippen LogP contribution in [-0.2, 0) is 24.8 Å². The van der Waals surface area contributed by atoms with Crippen molar-refractivity contribution < 1.29 is 14.4 Å². The fraction of sp³-hybridized carbons (Fsp3) is 0.357. The number of amides is 3. The number of anilines is 1. The molecule has 0 radical (unpaired) electrons. The molecule has 3 aromatic rings. The summed E-state index contributed by atoms with van der Waals surface area (Å²) in [6.07, 6.45) is 2.14. The minimum atomic E-state index is -0.276. The number of carbonyl (C=O) groups is 3. The van der Waals surface area contributed by atoms with Gasteiger partial charge in [0, 0.05) is 55.6 Å². The molecule has 1 aromatic heterocycles. The number of hydrogen-bond acceptors (Lipinski definition) is 4.